The molecular formula is C17H17F3N2O6. The van der Waals surface area contributed by atoms with E-state index < -0.39 is 35.1 Å². The lowest BCUT2D eigenvalue weighted by molar-refractivity contribution is -0.138. The van der Waals surface area contributed by atoms with Crippen molar-refractivity contribution in [2.45, 2.75) is 6.18 Å². The molecular weight excluding hydrogens is 385 g/mol. The Kier molecular flexibility index (Phi) is 6.29. The van der Waals surface area contributed by atoms with Gasteiger partial charge in [-0.05, 0) is 18.2 Å². The molecule has 0 aromatic heterocycles. The van der Waals surface area contributed by atoms with E-state index in [1.807, 2.05) is 0 Å². The van der Waals surface area contributed by atoms with E-state index in [1.54, 1.807) is 0 Å². The van der Waals surface area contributed by atoms with Crippen LogP contribution in [0.2, 0.25) is 0 Å². The van der Waals surface area contributed by atoms with Gasteiger partial charge >= 0.3 is 18.1 Å². The second kappa shape index (κ2) is 8.30. The number of benzene rings is 1. The third-order valence-corrected chi connectivity index (χ3v) is 3.95. The number of carbonyl (C=O) groups is 3. The predicted molar refractivity (Wildman–Crippen MR) is 89.1 cm³/mol. The van der Waals surface area contributed by atoms with Crippen LogP contribution in [0.15, 0.2) is 29.5 Å². The van der Waals surface area contributed by atoms with Gasteiger partial charge in [-0.1, -0.05) is 0 Å². The molecule has 1 aromatic carbocycles. The van der Waals surface area contributed by atoms with Gasteiger partial charge in [-0.2, -0.15) is 13.2 Å². The first-order valence-corrected chi connectivity index (χ1v) is 7.92. The molecule has 2 rings (SSSR count). The summed E-state index contributed by atoms with van der Waals surface area (Å²) in [6.45, 7) is -0.597. The molecule has 0 fully saturated rings. The van der Waals surface area contributed by atoms with Gasteiger partial charge in [-0.25, -0.2) is 9.59 Å². The molecule has 2 N–H and O–H groups in total. The summed E-state index contributed by atoms with van der Waals surface area (Å²) in [6, 6.07) is 2.68. The van der Waals surface area contributed by atoms with Crippen molar-refractivity contribution in [3.63, 3.8) is 0 Å². The largest absolute Gasteiger partial charge is 0.466 e. The number of anilines is 1. The standard InChI is InChI=1S/C17H17F3N2O6/c1-27-15(25)10-4-3-9(7-12(10)17(18,19)20)21-13-11(16(26)28-2)8-22(5-6-23)14(13)24/h3-4,7,21,23H,5-6,8H2,1-2H3. The summed E-state index contributed by atoms with van der Waals surface area (Å²) in [4.78, 5) is 37.1. The van der Waals surface area contributed by atoms with E-state index in [4.69, 9.17) is 5.11 Å². The summed E-state index contributed by atoms with van der Waals surface area (Å²) < 4.78 is 48.9. The highest BCUT2D eigenvalue weighted by Gasteiger charge is 2.37. The maximum atomic E-state index is 13.3. The fourth-order valence-corrected chi connectivity index (χ4v) is 2.64. The summed E-state index contributed by atoms with van der Waals surface area (Å²) in [5.74, 6) is -2.68. The lowest BCUT2D eigenvalue weighted by atomic mass is 10.1. The SMILES string of the molecule is COC(=O)C1=C(Nc2ccc(C(=O)OC)c(C(F)(F)F)c2)C(=O)N(CCO)C1. The highest BCUT2D eigenvalue weighted by molar-refractivity contribution is 6.08. The normalized spacial score (nSPS) is 14.4. The first-order chi connectivity index (χ1) is 13.1. The van der Waals surface area contributed by atoms with Crippen LogP contribution < -0.4 is 5.32 Å². The Morgan fingerprint density at radius 3 is 2.39 bits per heavy atom. The van der Waals surface area contributed by atoms with Crippen LogP contribution in [0.4, 0.5) is 18.9 Å². The van der Waals surface area contributed by atoms with E-state index in [1.165, 1.54) is 0 Å². The van der Waals surface area contributed by atoms with Crippen LogP contribution >= 0.6 is 0 Å². The minimum absolute atomic E-state index is 0.0699. The van der Waals surface area contributed by atoms with Gasteiger partial charge in [-0.3, -0.25) is 4.79 Å². The fourth-order valence-electron chi connectivity index (χ4n) is 2.64. The predicted octanol–water partition coefficient (Wildman–Crippen LogP) is 1.17. The molecule has 0 bridgehead atoms. The smallest absolute Gasteiger partial charge is 0.417 e. The van der Waals surface area contributed by atoms with Crippen LogP contribution in [0.3, 0.4) is 0 Å². The first-order valence-electron chi connectivity index (χ1n) is 7.92. The van der Waals surface area contributed by atoms with Gasteiger partial charge in [0.1, 0.15) is 5.70 Å². The summed E-state index contributed by atoms with van der Waals surface area (Å²) in [7, 11) is 2.05. The van der Waals surface area contributed by atoms with Crippen molar-refractivity contribution in [1.82, 2.24) is 4.90 Å². The lowest BCUT2D eigenvalue weighted by Gasteiger charge is -2.16. The number of nitrogens with one attached hydrogen (secondary N) is 1. The van der Waals surface area contributed by atoms with Gasteiger partial charge in [0, 0.05) is 12.2 Å². The molecule has 11 heteroatoms. The number of alkyl halides is 3. The third kappa shape index (κ3) is 4.25. The van der Waals surface area contributed by atoms with Crippen molar-refractivity contribution < 1.29 is 42.1 Å². The number of carbonyl (C=O) groups excluding carboxylic acids is 3. The molecule has 0 unspecified atom stereocenters. The second-order valence-electron chi connectivity index (χ2n) is 5.67. The number of hydrogen-bond donors (Lipinski definition) is 2. The molecule has 0 aliphatic carbocycles. The van der Waals surface area contributed by atoms with Crippen molar-refractivity contribution >= 4 is 23.5 Å². The number of nitrogens with zero attached hydrogens (tertiary/aromatic N) is 1. The Morgan fingerprint density at radius 2 is 1.86 bits per heavy atom. The van der Waals surface area contributed by atoms with E-state index >= 15 is 0 Å². The molecule has 0 radical (unpaired) electrons. The molecule has 1 aromatic rings. The van der Waals surface area contributed by atoms with Crippen molar-refractivity contribution in [1.29, 1.82) is 0 Å². The van der Waals surface area contributed by atoms with Gasteiger partial charge < -0.3 is 24.8 Å². The molecule has 0 atom stereocenters. The Hall–Kier alpha value is -3.08. The Balaban J connectivity index is 2.46. The number of rotatable bonds is 6. The Morgan fingerprint density at radius 1 is 1.21 bits per heavy atom. The molecule has 8 nitrogen and oxygen atoms in total. The maximum Gasteiger partial charge on any atom is 0.417 e. The molecule has 0 saturated carbocycles. The number of aliphatic hydroxyl groups is 1. The minimum Gasteiger partial charge on any atom is -0.466 e. The summed E-state index contributed by atoms with van der Waals surface area (Å²) in [6.07, 6.45) is -4.86. The average Bonchev–Trinajstić information content (AvgIpc) is 2.96. The number of amides is 1. The highest BCUT2D eigenvalue weighted by Crippen LogP contribution is 2.35. The van der Waals surface area contributed by atoms with Crippen molar-refractivity contribution in [2.75, 3.05) is 39.2 Å². The zero-order chi connectivity index (χ0) is 21.1. The van der Waals surface area contributed by atoms with E-state index in [-0.39, 0.29) is 36.7 Å². The lowest BCUT2D eigenvalue weighted by Crippen LogP contribution is -2.31. The molecule has 28 heavy (non-hydrogen) atoms. The molecule has 152 valence electrons. The number of aliphatic hydroxyl groups excluding tert-OH is 1. The fraction of sp³-hybridized carbons (Fsp3) is 0.353. The Labute approximate surface area is 157 Å². The maximum absolute atomic E-state index is 13.3. The minimum atomic E-state index is -4.86. The quantitative estimate of drug-likeness (QED) is 0.688. The van der Waals surface area contributed by atoms with Crippen LogP contribution in [-0.2, 0) is 25.2 Å². The zero-order valence-corrected chi connectivity index (χ0v) is 14.9. The zero-order valence-electron chi connectivity index (χ0n) is 14.9. The Bertz CT molecular complexity index is 835. The van der Waals surface area contributed by atoms with Crippen LogP contribution in [0.1, 0.15) is 15.9 Å². The molecule has 0 saturated heterocycles. The van der Waals surface area contributed by atoms with Crippen LogP contribution in [0.25, 0.3) is 0 Å². The van der Waals surface area contributed by atoms with E-state index in [0.29, 0.717) is 6.07 Å². The number of ether oxygens (including phenoxy) is 2. The van der Waals surface area contributed by atoms with Gasteiger partial charge in [-0.15, -0.1) is 0 Å². The topological polar surface area (TPSA) is 105 Å². The first kappa shape index (κ1) is 21.2. The number of esters is 2. The number of β-amino-alcohol motifs (C(OH)–C–C–N with tert-alkyl or cyclic N) is 1. The van der Waals surface area contributed by atoms with Gasteiger partial charge in [0.25, 0.3) is 5.91 Å². The van der Waals surface area contributed by atoms with Gasteiger partial charge in [0.2, 0.25) is 0 Å². The molecule has 1 aliphatic rings. The molecule has 1 amide bonds. The van der Waals surface area contributed by atoms with E-state index in [0.717, 1.165) is 31.3 Å². The van der Waals surface area contributed by atoms with Crippen LogP contribution in [-0.4, -0.2) is 61.8 Å². The molecule has 0 spiro atoms. The highest BCUT2D eigenvalue weighted by atomic mass is 19.4. The number of methoxy groups -OCH3 is 2. The van der Waals surface area contributed by atoms with Gasteiger partial charge in [0.05, 0.1) is 44.1 Å². The average molecular weight is 402 g/mol. The van der Waals surface area contributed by atoms with E-state index in [9.17, 15) is 27.6 Å². The van der Waals surface area contributed by atoms with Gasteiger partial charge in [0.15, 0.2) is 0 Å². The molecule has 1 aliphatic heterocycles. The summed E-state index contributed by atoms with van der Waals surface area (Å²) >= 11 is 0. The van der Waals surface area contributed by atoms with Crippen LogP contribution in [0.5, 0.6) is 0 Å². The molecule has 1 heterocycles. The van der Waals surface area contributed by atoms with Crippen molar-refractivity contribution in [2.24, 2.45) is 0 Å². The second-order valence-corrected chi connectivity index (χ2v) is 5.67. The number of hydrogen-bond acceptors (Lipinski definition) is 7. The van der Waals surface area contributed by atoms with Crippen LogP contribution in [0, 0.1) is 0 Å². The van der Waals surface area contributed by atoms with Crippen molar-refractivity contribution in [3.05, 3.63) is 40.6 Å². The van der Waals surface area contributed by atoms with E-state index in [2.05, 4.69) is 14.8 Å². The number of halogens is 3. The van der Waals surface area contributed by atoms with Crippen molar-refractivity contribution in [3.8, 4) is 0 Å². The summed E-state index contributed by atoms with van der Waals surface area (Å²) in [5.41, 5.74) is -2.48. The monoisotopic (exact) mass is 402 g/mol. The summed E-state index contributed by atoms with van der Waals surface area (Å²) in [5, 5.41) is 11.5. The third-order valence-electron chi connectivity index (χ3n) is 3.95.